The molecule has 126 valence electrons. The number of nitriles is 1. The highest BCUT2D eigenvalue weighted by Crippen LogP contribution is 2.27. The van der Waals surface area contributed by atoms with Crippen LogP contribution >= 0.6 is 11.8 Å². The second kappa shape index (κ2) is 7.84. The second-order valence-electron chi connectivity index (χ2n) is 6.17. The summed E-state index contributed by atoms with van der Waals surface area (Å²) in [4.78, 5) is 0. The molecule has 3 rings (SSSR count). The van der Waals surface area contributed by atoms with Crippen LogP contribution in [0.2, 0.25) is 0 Å². The van der Waals surface area contributed by atoms with Gasteiger partial charge in [0.15, 0.2) is 0 Å². The molecule has 1 aliphatic heterocycles. The Morgan fingerprint density at radius 3 is 2.92 bits per heavy atom. The van der Waals surface area contributed by atoms with Crippen molar-refractivity contribution in [3.8, 4) is 17.3 Å². The lowest BCUT2D eigenvalue weighted by molar-refractivity contribution is 0.0675. The SMILES string of the molecule is N#CCCn1cc(CNCC2(O)CCSC2)c(-c2ccccc2)n1. The third-order valence-corrected chi connectivity index (χ3v) is 5.42. The maximum Gasteiger partial charge on any atom is 0.0968 e. The van der Waals surface area contributed by atoms with E-state index in [0.717, 1.165) is 34.7 Å². The molecule has 1 aromatic heterocycles. The number of nitrogens with zero attached hydrogens (tertiary/aromatic N) is 3. The topological polar surface area (TPSA) is 73.9 Å². The Morgan fingerprint density at radius 1 is 1.38 bits per heavy atom. The van der Waals surface area contributed by atoms with Crippen molar-refractivity contribution in [1.82, 2.24) is 15.1 Å². The fourth-order valence-corrected chi connectivity index (χ4v) is 4.17. The third kappa shape index (κ3) is 4.18. The van der Waals surface area contributed by atoms with E-state index in [2.05, 4.69) is 16.5 Å². The highest BCUT2D eigenvalue weighted by atomic mass is 32.2. The van der Waals surface area contributed by atoms with Crippen molar-refractivity contribution in [2.45, 2.75) is 31.5 Å². The standard InChI is InChI=1S/C18H22N4OS/c19-8-4-9-22-12-16(11-20-13-18(23)7-10-24-14-18)17(21-22)15-5-2-1-3-6-15/h1-3,5-6,12,20,23H,4,7,9-11,13-14H2. The van der Waals surface area contributed by atoms with Crippen LogP contribution < -0.4 is 5.32 Å². The summed E-state index contributed by atoms with van der Waals surface area (Å²) in [5, 5.41) is 27.2. The molecule has 24 heavy (non-hydrogen) atoms. The highest BCUT2D eigenvalue weighted by Gasteiger charge is 2.31. The van der Waals surface area contributed by atoms with Crippen LogP contribution in [0.5, 0.6) is 0 Å². The maximum absolute atomic E-state index is 10.4. The highest BCUT2D eigenvalue weighted by molar-refractivity contribution is 7.99. The number of hydrogen-bond acceptors (Lipinski definition) is 5. The second-order valence-corrected chi connectivity index (χ2v) is 7.28. The average molecular weight is 342 g/mol. The first-order chi connectivity index (χ1) is 11.7. The lowest BCUT2D eigenvalue weighted by Crippen LogP contribution is -2.40. The minimum Gasteiger partial charge on any atom is -0.388 e. The van der Waals surface area contributed by atoms with E-state index in [0.29, 0.717) is 26.1 Å². The van der Waals surface area contributed by atoms with Gasteiger partial charge in [-0.2, -0.15) is 22.1 Å². The van der Waals surface area contributed by atoms with Crippen LogP contribution in [0.15, 0.2) is 36.5 Å². The molecule has 2 aromatic rings. The molecular formula is C18H22N4OS. The number of aliphatic hydroxyl groups is 1. The average Bonchev–Trinajstić information content (AvgIpc) is 3.21. The van der Waals surface area contributed by atoms with Gasteiger partial charge in [-0.15, -0.1) is 0 Å². The molecule has 1 aromatic carbocycles. The van der Waals surface area contributed by atoms with Gasteiger partial charge in [-0.1, -0.05) is 30.3 Å². The van der Waals surface area contributed by atoms with Crippen molar-refractivity contribution in [2.24, 2.45) is 0 Å². The summed E-state index contributed by atoms with van der Waals surface area (Å²) in [5.41, 5.74) is 2.51. The summed E-state index contributed by atoms with van der Waals surface area (Å²) >= 11 is 1.80. The van der Waals surface area contributed by atoms with Gasteiger partial charge in [0, 0.05) is 36.2 Å². The molecule has 1 unspecified atom stereocenters. The Labute approximate surface area is 146 Å². The van der Waals surface area contributed by atoms with Gasteiger partial charge in [0.25, 0.3) is 0 Å². The van der Waals surface area contributed by atoms with Crippen LogP contribution in [0.1, 0.15) is 18.4 Å². The van der Waals surface area contributed by atoms with Crippen molar-refractivity contribution < 1.29 is 5.11 Å². The first-order valence-corrected chi connectivity index (χ1v) is 9.35. The molecule has 0 bridgehead atoms. The molecule has 2 heterocycles. The minimum absolute atomic E-state index is 0.444. The monoisotopic (exact) mass is 342 g/mol. The molecule has 1 atom stereocenters. The Hall–Kier alpha value is -1.81. The zero-order valence-electron chi connectivity index (χ0n) is 13.6. The summed E-state index contributed by atoms with van der Waals surface area (Å²) < 4.78 is 1.84. The van der Waals surface area contributed by atoms with Crippen molar-refractivity contribution in [3.63, 3.8) is 0 Å². The summed E-state index contributed by atoms with van der Waals surface area (Å²) in [6.45, 7) is 1.85. The molecule has 0 amide bonds. The third-order valence-electron chi connectivity index (χ3n) is 4.19. The van der Waals surface area contributed by atoms with Crippen LogP contribution in [0.25, 0.3) is 11.3 Å². The van der Waals surface area contributed by atoms with E-state index in [-0.39, 0.29) is 0 Å². The molecule has 1 aliphatic rings. The number of hydrogen-bond donors (Lipinski definition) is 2. The number of aromatic nitrogens is 2. The van der Waals surface area contributed by atoms with Crippen LogP contribution in [-0.2, 0) is 13.1 Å². The van der Waals surface area contributed by atoms with Crippen LogP contribution in [-0.4, -0.2) is 38.5 Å². The van der Waals surface area contributed by atoms with Crippen molar-refractivity contribution in [1.29, 1.82) is 5.26 Å². The van der Waals surface area contributed by atoms with E-state index in [1.807, 2.05) is 41.2 Å². The summed E-state index contributed by atoms with van der Waals surface area (Å²) in [6.07, 6.45) is 3.29. The van der Waals surface area contributed by atoms with Crippen LogP contribution in [0.3, 0.4) is 0 Å². The molecule has 1 fully saturated rings. The van der Waals surface area contributed by atoms with Crippen molar-refractivity contribution in [2.75, 3.05) is 18.1 Å². The van der Waals surface area contributed by atoms with Gasteiger partial charge >= 0.3 is 0 Å². The first kappa shape index (κ1) is 17.0. The number of benzene rings is 1. The normalized spacial score (nSPS) is 20.2. The van der Waals surface area contributed by atoms with Gasteiger partial charge in [0.1, 0.15) is 0 Å². The molecule has 0 saturated carbocycles. The van der Waals surface area contributed by atoms with Gasteiger partial charge in [-0.05, 0) is 12.2 Å². The fourth-order valence-electron chi connectivity index (χ4n) is 2.88. The van der Waals surface area contributed by atoms with Crippen LogP contribution in [0.4, 0.5) is 0 Å². The number of thioether (sulfide) groups is 1. The molecule has 5 nitrogen and oxygen atoms in total. The first-order valence-electron chi connectivity index (χ1n) is 8.20. The van der Waals surface area contributed by atoms with Gasteiger partial charge in [0.05, 0.1) is 30.3 Å². The van der Waals surface area contributed by atoms with E-state index in [4.69, 9.17) is 5.26 Å². The smallest absolute Gasteiger partial charge is 0.0968 e. The Bertz CT molecular complexity index is 702. The quantitative estimate of drug-likeness (QED) is 0.808. The Morgan fingerprint density at radius 2 is 2.21 bits per heavy atom. The predicted octanol–water partition coefficient (Wildman–Crippen LogP) is 2.42. The number of aryl methyl sites for hydroxylation is 1. The summed E-state index contributed by atoms with van der Waals surface area (Å²) in [5.74, 6) is 1.83. The van der Waals surface area contributed by atoms with Crippen molar-refractivity contribution in [3.05, 3.63) is 42.1 Å². The summed E-state index contributed by atoms with van der Waals surface area (Å²) in [6, 6.07) is 12.2. The molecule has 1 saturated heterocycles. The van der Waals surface area contributed by atoms with E-state index < -0.39 is 5.60 Å². The van der Waals surface area contributed by atoms with Gasteiger partial charge in [-0.25, -0.2) is 0 Å². The molecule has 2 N–H and O–H groups in total. The van der Waals surface area contributed by atoms with Crippen molar-refractivity contribution >= 4 is 11.8 Å². The van der Waals surface area contributed by atoms with Gasteiger partial charge in [-0.3, -0.25) is 4.68 Å². The molecular weight excluding hydrogens is 320 g/mol. The zero-order valence-corrected chi connectivity index (χ0v) is 14.4. The van der Waals surface area contributed by atoms with E-state index >= 15 is 0 Å². The Balaban J connectivity index is 1.72. The lowest BCUT2D eigenvalue weighted by atomic mass is 10.0. The van der Waals surface area contributed by atoms with Gasteiger partial charge in [0.2, 0.25) is 0 Å². The maximum atomic E-state index is 10.4. The minimum atomic E-state index is -0.589. The van der Waals surface area contributed by atoms with Crippen LogP contribution in [0, 0.1) is 11.3 Å². The van der Waals surface area contributed by atoms with E-state index in [1.54, 1.807) is 11.8 Å². The summed E-state index contributed by atoms with van der Waals surface area (Å²) in [7, 11) is 0. The molecule has 6 heteroatoms. The fraction of sp³-hybridized carbons (Fsp3) is 0.444. The van der Waals surface area contributed by atoms with E-state index in [9.17, 15) is 5.11 Å². The molecule has 0 aliphatic carbocycles. The molecule has 0 spiro atoms. The van der Waals surface area contributed by atoms with Gasteiger partial charge < -0.3 is 10.4 Å². The van der Waals surface area contributed by atoms with E-state index in [1.165, 1.54) is 0 Å². The molecule has 0 radical (unpaired) electrons. The lowest BCUT2D eigenvalue weighted by Gasteiger charge is -2.21. The number of nitrogens with one attached hydrogen (secondary N) is 1. The number of rotatable bonds is 7. The Kier molecular flexibility index (Phi) is 5.56. The predicted molar refractivity (Wildman–Crippen MR) is 96.5 cm³/mol. The zero-order chi connectivity index (χ0) is 16.8. The largest absolute Gasteiger partial charge is 0.388 e.